The molecule has 0 amide bonds. The molecule has 0 aliphatic carbocycles. The van der Waals surface area contributed by atoms with E-state index in [1.807, 2.05) is 6.20 Å². The number of aromatic nitrogens is 2. The van der Waals surface area contributed by atoms with Crippen molar-refractivity contribution in [3.63, 3.8) is 0 Å². The highest BCUT2D eigenvalue weighted by molar-refractivity contribution is 7.15. The Labute approximate surface area is 105 Å². The lowest BCUT2D eigenvalue weighted by Crippen LogP contribution is -2.10. The van der Waals surface area contributed by atoms with Gasteiger partial charge in [-0.15, -0.1) is 11.3 Å². The molecule has 1 aliphatic rings. The van der Waals surface area contributed by atoms with Crippen molar-refractivity contribution in [2.24, 2.45) is 5.92 Å². The van der Waals surface area contributed by atoms with E-state index in [9.17, 15) is 0 Å². The Morgan fingerprint density at radius 1 is 1.53 bits per heavy atom. The van der Waals surface area contributed by atoms with Gasteiger partial charge in [0, 0.05) is 36.3 Å². The topological polar surface area (TPSA) is 27.1 Å². The lowest BCUT2D eigenvalue weighted by Gasteiger charge is -2.10. The molecule has 3 rings (SSSR count). The van der Waals surface area contributed by atoms with Gasteiger partial charge in [0.1, 0.15) is 5.82 Å². The zero-order chi connectivity index (χ0) is 11.7. The van der Waals surface area contributed by atoms with Gasteiger partial charge in [-0.25, -0.2) is 4.98 Å². The minimum Gasteiger partial charge on any atom is -0.381 e. The van der Waals surface area contributed by atoms with Crippen LogP contribution in [0.2, 0.25) is 0 Å². The number of ether oxygens (including phenoxy) is 1. The van der Waals surface area contributed by atoms with Crippen molar-refractivity contribution < 1.29 is 4.74 Å². The normalized spacial score (nSPS) is 19.9. The third-order valence-electron chi connectivity index (χ3n) is 3.16. The zero-order valence-electron chi connectivity index (χ0n) is 9.93. The summed E-state index contributed by atoms with van der Waals surface area (Å²) >= 11 is 1.80. The SMILES string of the molecule is Cc1ccc(-c2nccn2CC2CCOC2)s1. The first-order valence-electron chi connectivity index (χ1n) is 5.98. The van der Waals surface area contributed by atoms with E-state index in [0.717, 1.165) is 25.6 Å². The lowest BCUT2D eigenvalue weighted by atomic mass is 10.1. The highest BCUT2D eigenvalue weighted by Crippen LogP contribution is 2.27. The van der Waals surface area contributed by atoms with Crippen LogP contribution in [0.5, 0.6) is 0 Å². The van der Waals surface area contributed by atoms with Crippen LogP contribution in [0.25, 0.3) is 10.7 Å². The quantitative estimate of drug-likeness (QED) is 0.835. The van der Waals surface area contributed by atoms with Crippen molar-refractivity contribution in [2.75, 3.05) is 13.2 Å². The van der Waals surface area contributed by atoms with Crippen LogP contribution in [0.4, 0.5) is 0 Å². The molecule has 17 heavy (non-hydrogen) atoms. The van der Waals surface area contributed by atoms with Crippen molar-refractivity contribution in [1.82, 2.24) is 9.55 Å². The predicted octanol–water partition coefficient (Wildman–Crippen LogP) is 2.96. The summed E-state index contributed by atoms with van der Waals surface area (Å²) in [6.45, 7) is 4.95. The molecule has 0 aromatic carbocycles. The van der Waals surface area contributed by atoms with Crippen LogP contribution < -0.4 is 0 Å². The number of aryl methyl sites for hydroxylation is 1. The maximum Gasteiger partial charge on any atom is 0.150 e. The number of rotatable bonds is 3. The molecule has 2 aromatic rings. The number of hydrogen-bond donors (Lipinski definition) is 0. The zero-order valence-corrected chi connectivity index (χ0v) is 10.7. The summed E-state index contributed by atoms with van der Waals surface area (Å²) in [5.74, 6) is 1.74. The number of hydrogen-bond acceptors (Lipinski definition) is 3. The molecular formula is C13H16N2OS. The molecule has 2 aromatic heterocycles. The molecule has 1 fully saturated rings. The van der Waals surface area contributed by atoms with Crippen LogP contribution >= 0.6 is 11.3 Å². The summed E-state index contributed by atoms with van der Waals surface area (Å²) in [6, 6.07) is 4.31. The molecule has 0 N–H and O–H groups in total. The molecule has 90 valence electrons. The Bertz CT molecular complexity index is 497. The van der Waals surface area contributed by atoms with Gasteiger partial charge >= 0.3 is 0 Å². The van der Waals surface area contributed by atoms with Gasteiger partial charge in [0.15, 0.2) is 0 Å². The standard InChI is InChI=1S/C13H16N2OS/c1-10-2-3-12(17-10)13-14-5-6-15(13)8-11-4-7-16-9-11/h2-3,5-6,11H,4,7-9H2,1H3. The number of thiophene rings is 1. The average Bonchev–Trinajstić information content (AvgIpc) is 2.99. The molecule has 3 heterocycles. The Morgan fingerprint density at radius 2 is 2.47 bits per heavy atom. The van der Waals surface area contributed by atoms with E-state index < -0.39 is 0 Å². The Kier molecular flexibility index (Phi) is 2.99. The maximum absolute atomic E-state index is 5.42. The largest absolute Gasteiger partial charge is 0.381 e. The smallest absolute Gasteiger partial charge is 0.150 e. The summed E-state index contributed by atoms with van der Waals surface area (Å²) in [6.07, 6.45) is 5.13. The number of nitrogens with zero attached hydrogens (tertiary/aromatic N) is 2. The Morgan fingerprint density at radius 3 is 3.18 bits per heavy atom. The van der Waals surface area contributed by atoms with Crippen LogP contribution in [0.3, 0.4) is 0 Å². The van der Waals surface area contributed by atoms with Crippen LogP contribution in [-0.4, -0.2) is 22.8 Å². The molecule has 0 bridgehead atoms. The second-order valence-electron chi connectivity index (χ2n) is 4.54. The van der Waals surface area contributed by atoms with Gasteiger partial charge in [0.05, 0.1) is 11.5 Å². The molecule has 1 atom stereocenters. The highest BCUT2D eigenvalue weighted by Gasteiger charge is 2.18. The van der Waals surface area contributed by atoms with Crippen molar-refractivity contribution in [3.8, 4) is 10.7 Å². The van der Waals surface area contributed by atoms with Gasteiger partial charge in [-0.05, 0) is 25.5 Å². The fraction of sp³-hybridized carbons (Fsp3) is 0.462. The van der Waals surface area contributed by atoms with Gasteiger partial charge in [0.25, 0.3) is 0 Å². The monoisotopic (exact) mass is 248 g/mol. The molecule has 0 radical (unpaired) electrons. The number of imidazole rings is 1. The second kappa shape index (κ2) is 4.63. The second-order valence-corrected chi connectivity index (χ2v) is 5.83. The fourth-order valence-corrected chi connectivity index (χ4v) is 3.12. The van der Waals surface area contributed by atoms with Gasteiger partial charge in [0.2, 0.25) is 0 Å². The van der Waals surface area contributed by atoms with Crippen LogP contribution in [0.1, 0.15) is 11.3 Å². The van der Waals surface area contributed by atoms with Gasteiger partial charge in [-0.3, -0.25) is 0 Å². The fourth-order valence-electron chi connectivity index (χ4n) is 2.24. The van der Waals surface area contributed by atoms with Gasteiger partial charge < -0.3 is 9.30 Å². The van der Waals surface area contributed by atoms with Crippen molar-refractivity contribution in [1.29, 1.82) is 0 Å². The summed E-state index contributed by atoms with van der Waals surface area (Å²) in [4.78, 5) is 7.06. The van der Waals surface area contributed by atoms with Crippen LogP contribution in [0, 0.1) is 12.8 Å². The molecule has 0 spiro atoms. The molecule has 0 saturated carbocycles. The van der Waals surface area contributed by atoms with Gasteiger partial charge in [-0.2, -0.15) is 0 Å². The van der Waals surface area contributed by atoms with Crippen LogP contribution in [-0.2, 0) is 11.3 Å². The first kappa shape index (κ1) is 11.0. The van der Waals surface area contributed by atoms with E-state index >= 15 is 0 Å². The van der Waals surface area contributed by atoms with E-state index in [1.165, 1.54) is 16.2 Å². The summed E-state index contributed by atoms with van der Waals surface area (Å²) in [7, 11) is 0. The van der Waals surface area contributed by atoms with E-state index in [2.05, 4.69) is 34.8 Å². The summed E-state index contributed by atoms with van der Waals surface area (Å²) < 4.78 is 7.68. The molecule has 3 nitrogen and oxygen atoms in total. The first-order valence-corrected chi connectivity index (χ1v) is 6.80. The van der Waals surface area contributed by atoms with E-state index in [1.54, 1.807) is 11.3 Å². The van der Waals surface area contributed by atoms with E-state index in [4.69, 9.17) is 4.74 Å². The first-order chi connectivity index (χ1) is 8.33. The minimum absolute atomic E-state index is 0.643. The maximum atomic E-state index is 5.42. The van der Waals surface area contributed by atoms with Crippen LogP contribution in [0.15, 0.2) is 24.5 Å². The molecule has 1 aliphatic heterocycles. The lowest BCUT2D eigenvalue weighted by molar-refractivity contribution is 0.182. The molecule has 1 unspecified atom stereocenters. The molecule has 1 saturated heterocycles. The van der Waals surface area contributed by atoms with Crippen molar-refractivity contribution in [3.05, 3.63) is 29.4 Å². The summed E-state index contributed by atoms with van der Waals surface area (Å²) in [5.41, 5.74) is 0. The highest BCUT2D eigenvalue weighted by atomic mass is 32.1. The third kappa shape index (κ3) is 2.28. The molecular weight excluding hydrogens is 232 g/mol. The third-order valence-corrected chi connectivity index (χ3v) is 4.15. The molecule has 4 heteroatoms. The Balaban J connectivity index is 1.83. The van der Waals surface area contributed by atoms with Crippen molar-refractivity contribution in [2.45, 2.75) is 19.9 Å². The predicted molar refractivity (Wildman–Crippen MR) is 69.2 cm³/mol. The Hall–Kier alpha value is -1.13. The summed E-state index contributed by atoms with van der Waals surface area (Å²) in [5, 5.41) is 0. The minimum atomic E-state index is 0.643. The van der Waals surface area contributed by atoms with Gasteiger partial charge in [-0.1, -0.05) is 0 Å². The van der Waals surface area contributed by atoms with E-state index in [0.29, 0.717) is 5.92 Å². The average molecular weight is 248 g/mol. The van der Waals surface area contributed by atoms with E-state index in [-0.39, 0.29) is 0 Å². The van der Waals surface area contributed by atoms with Crippen molar-refractivity contribution >= 4 is 11.3 Å².